The first kappa shape index (κ1) is 12.3. The van der Waals surface area contributed by atoms with Crippen LogP contribution in [0.5, 0.6) is 0 Å². The molecule has 1 heterocycles. The Labute approximate surface area is 102 Å². The van der Waals surface area contributed by atoms with Gasteiger partial charge in [0.25, 0.3) is 0 Å². The number of amides is 1. The van der Waals surface area contributed by atoms with Crippen molar-refractivity contribution in [1.82, 2.24) is 4.98 Å². The fraction of sp³-hybridized carbons (Fsp3) is 0.111. The van der Waals surface area contributed by atoms with E-state index in [1.165, 1.54) is 6.07 Å². The zero-order valence-corrected chi connectivity index (χ0v) is 10.1. The zero-order valence-electron chi connectivity index (χ0n) is 9.25. The van der Waals surface area contributed by atoms with Gasteiger partial charge in [-0.25, -0.2) is 9.78 Å². The van der Waals surface area contributed by atoms with E-state index in [2.05, 4.69) is 15.0 Å². The number of nitrogens with one attached hydrogen (secondary N) is 2. The Morgan fingerprint density at radius 1 is 1.44 bits per heavy atom. The lowest BCUT2D eigenvalue weighted by molar-refractivity contribution is -0.472. The number of para-hydroxylation sites is 2. The summed E-state index contributed by atoms with van der Waals surface area (Å²) >= 11 is 0. The van der Waals surface area contributed by atoms with E-state index in [0.717, 1.165) is 7.11 Å². The molecule has 8 nitrogen and oxygen atoms in total. The van der Waals surface area contributed by atoms with Gasteiger partial charge in [0.15, 0.2) is 5.52 Å². The van der Waals surface area contributed by atoms with Crippen molar-refractivity contribution in [1.29, 1.82) is 0 Å². The Balaban J connectivity index is 2.69. The summed E-state index contributed by atoms with van der Waals surface area (Å²) in [6.07, 6.45) is -0.862. The topological polar surface area (TPSA) is 112 Å². The summed E-state index contributed by atoms with van der Waals surface area (Å²) in [6.45, 7) is 0. The number of carbonyl (C=O) groups excluding carboxylic acids is 1. The summed E-state index contributed by atoms with van der Waals surface area (Å²) in [5.41, 5.74) is 0.632. The van der Waals surface area contributed by atoms with Gasteiger partial charge in [-0.1, -0.05) is 16.1 Å². The molecular formula is C9H10N3O5S+. The Morgan fingerprint density at radius 2 is 2.11 bits per heavy atom. The molecular weight excluding hydrogens is 262 g/mol. The molecule has 9 heteroatoms. The molecule has 0 radical (unpaired) electrons. The molecule has 0 aliphatic rings. The maximum absolute atomic E-state index is 11.3. The standard InChI is InChI=1S/C9H9N3O5S/c1-17-9(13)11-8-10-6-4-2-3-5-7(6)12(8)18(14,15)16/h2-5H,1H3,(H2,10,11,13,14,15,16)/p+1. The second-order valence-corrected chi connectivity index (χ2v) is 4.61. The summed E-state index contributed by atoms with van der Waals surface area (Å²) in [5, 5.41) is 2.16. The number of ether oxygens (including phenoxy) is 1. The Kier molecular flexibility index (Phi) is 2.93. The highest BCUT2D eigenvalue weighted by Crippen LogP contribution is 2.12. The van der Waals surface area contributed by atoms with Crippen molar-refractivity contribution < 1.29 is 26.5 Å². The van der Waals surface area contributed by atoms with E-state index in [0.29, 0.717) is 9.49 Å². The fourth-order valence-corrected chi connectivity index (χ4v) is 2.25. The monoisotopic (exact) mass is 272 g/mol. The van der Waals surface area contributed by atoms with E-state index in [-0.39, 0.29) is 11.5 Å². The number of H-pyrrole nitrogens is 1. The quantitative estimate of drug-likeness (QED) is 0.537. The lowest BCUT2D eigenvalue weighted by Gasteiger charge is -1.98. The zero-order chi connectivity index (χ0) is 13.3. The first-order chi connectivity index (χ1) is 8.43. The van der Waals surface area contributed by atoms with Crippen molar-refractivity contribution in [3.05, 3.63) is 24.3 Å². The van der Waals surface area contributed by atoms with Crippen LogP contribution in [0.25, 0.3) is 11.0 Å². The predicted octanol–water partition coefficient (Wildman–Crippen LogP) is 0.285. The number of methoxy groups -OCH3 is 1. The average Bonchev–Trinajstić information content (AvgIpc) is 2.65. The molecule has 0 saturated heterocycles. The molecule has 0 fully saturated rings. The van der Waals surface area contributed by atoms with E-state index in [1.807, 2.05) is 0 Å². The van der Waals surface area contributed by atoms with E-state index >= 15 is 0 Å². The van der Waals surface area contributed by atoms with Gasteiger partial charge in [-0.2, -0.15) is 13.7 Å². The number of nitrogens with zero attached hydrogens (tertiary/aromatic N) is 1. The minimum absolute atomic E-state index is 0.200. The number of fused-ring (bicyclic) bond motifs is 1. The van der Waals surface area contributed by atoms with Gasteiger partial charge in [0.05, 0.1) is 7.11 Å². The number of rotatable bonds is 2. The molecule has 2 aromatic rings. The van der Waals surface area contributed by atoms with Gasteiger partial charge < -0.3 is 4.74 Å². The third kappa shape index (κ3) is 2.13. The van der Waals surface area contributed by atoms with Crippen LogP contribution in [0, 0.1) is 0 Å². The first-order valence-electron chi connectivity index (χ1n) is 4.79. The normalized spacial score (nSPS) is 11.4. The van der Waals surface area contributed by atoms with E-state index in [4.69, 9.17) is 4.55 Å². The number of hydrogen-bond acceptors (Lipinski definition) is 4. The number of imidazole rings is 1. The van der Waals surface area contributed by atoms with Gasteiger partial charge in [0.1, 0.15) is 5.52 Å². The largest absolute Gasteiger partial charge is 0.476 e. The molecule has 1 aromatic heterocycles. The third-order valence-corrected chi connectivity index (χ3v) is 3.06. The van der Waals surface area contributed by atoms with Crippen LogP contribution < -0.4 is 9.29 Å². The molecule has 0 bridgehead atoms. The highest BCUT2D eigenvalue weighted by Gasteiger charge is 2.28. The summed E-state index contributed by atoms with van der Waals surface area (Å²) in [7, 11) is -3.42. The Morgan fingerprint density at radius 3 is 2.72 bits per heavy atom. The van der Waals surface area contributed by atoms with Crippen molar-refractivity contribution in [2.24, 2.45) is 0 Å². The number of aromatic amines is 1. The summed E-state index contributed by atoms with van der Waals surface area (Å²) in [4.78, 5) is 13.7. The molecule has 3 N–H and O–H groups in total. The average molecular weight is 272 g/mol. The second-order valence-electron chi connectivity index (χ2n) is 3.35. The molecule has 0 aliphatic heterocycles. The van der Waals surface area contributed by atoms with Gasteiger partial charge in [-0.05, 0) is 12.1 Å². The van der Waals surface area contributed by atoms with E-state index < -0.39 is 16.4 Å². The molecule has 0 aliphatic carbocycles. The third-order valence-electron chi connectivity index (χ3n) is 2.22. The van der Waals surface area contributed by atoms with Crippen LogP contribution in [0.1, 0.15) is 0 Å². The molecule has 0 saturated carbocycles. The van der Waals surface area contributed by atoms with Crippen LogP contribution in [0.4, 0.5) is 10.7 Å². The van der Waals surface area contributed by atoms with Crippen molar-refractivity contribution in [3.8, 4) is 0 Å². The number of hydrogen-bond donors (Lipinski definition) is 3. The van der Waals surface area contributed by atoms with E-state index in [1.54, 1.807) is 18.2 Å². The fourth-order valence-electron chi connectivity index (χ4n) is 1.52. The lowest BCUT2D eigenvalue weighted by atomic mass is 10.3. The molecule has 2 rings (SSSR count). The maximum atomic E-state index is 11.3. The summed E-state index contributed by atoms with van der Waals surface area (Å²) in [6, 6.07) is 6.34. The number of carbonyl (C=O) groups is 1. The van der Waals surface area contributed by atoms with Gasteiger partial charge in [0.2, 0.25) is 0 Å². The van der Waals surface area contributed by atoms with Gasteiger partial charge in [-0.15, -0.1) is 0 Å². The van der Waals surface area contributed by atoms with Crippen molar-refractivity contribution in [2.45, 2.75) is 0 Å². The summed E-state index contributed by atoms with van der Waals surface area (Å²) in [5.74, 6) is -0.217. The van der Waals surface area contributed by atoms with Crippen LogP contribution >= 0.6 is 0 Å². The van der Waals surface area contributed by atoms with Gasteiger partial charge >= 0.3 is 22.3 Å². The van der Waals surface area contributed by atoms with Crippen LogP contribution in [-0.2, 0) is 15.0 Å². The van der Waals surface area contributed by atoms with Crippen molar-refractivity contribution >= 4 is 33.4 Å². The predicted molar refractivity (Wildman–Crippen MR) is 61.5 cm³/mol. The number of anilines is 1. The first-order valence-corrected chi connectivity index (χ1v) is 6.19. The number of aromatic nitrogens is 2. The lowest BCUT2D eigenvalue weighted by Crippen LogP contribution is -2.44. The molecule has 1 aromatic carbocycles. The molecule has 0 spiro atoms. The molecule has 1 amide bonds. The van der Waals surface area contributed by atoms with Crippen LogP contribution in [0.2, 0.25) is 0 Å². The molecule has 18 heavy (non-hydrogen) atoms. The van der Waals surface area contributed by atoms with Gasteiger partial charge in [-0.3, -0.25) is 4.55 Å². The highest BCUT2D eigenvalue weighted by molar-refractivity contribution is 7.79. The molecule has 96 valence electrons. The Bertz CT molecular complexity index is 706. The van der Waals surface area contributed by atoms with Crippen LogP contribution in [0.3, 0.4) is 0 Å². The van der Waals surface area contributed by atoms with Crippen molar-refractivity contribution in [2.75, 3.05) is 12.4 Å². The van der Waals surface area contributed by atoms with Crippen LogP contribution in [0.15, 0.2) is 24.3 Å². The minimum Gasteiger partial charge on any atom is -0.441 e. The van der Waals surface area contributed by atoms with E-state index in [9.17, 15) is 13.2 Å². The highest BCUT2D eigenvalue weighted by atomic mass is 32.2. The SMILES string of the molecule is COC(=O)Nc1[nH]c2ccccc2[n+]1S(=O)(=O)O. The minimum atomic E-state index is -4.56. The van der Waals surface area contributed by atoms with Crippen LogP contribution in [-0.4, -0.2) is 31.2 Å². The second kappa shape index (κ2) is 4.27. The number of benzene rings is 1. The van der Waals surface area contributed by atoms with Crippen molar-refractivity contribution in [3.63, 3.8) is 0 Å². The smallest absolute Gasteiger partial charge is 0.441 e. The van der Waals surface area contributed by atoms with Gasteiger partial charge in [0, 0.05) is 0 Å². The Hall–Kier alpha value is -2.13. The summed E-state index contributed by atoms with van der Waals surface area (Å²) < 4.78 is 36.7. The molecule has 0 atom stereocenters. The maximum Gasteiger partial charge on any atom is 0.476 e. The molecule has 0 unspecified atom stereocenters.